The summed E-state index contributed by atoms with van der Waals surface area (Å²) in [5.41, 5.74) is 2.87. The molecule has 1 aliphatic rings. The van der Waals surface area contributed by atoms with Gasteiger partial charge in [0.25, 0.3) is 5.91 Å². The van der Waals surface area contributed by atoms with Gasteiger partial charge in [-0.15, -0.1) is 0 Å². The quantitative estimate of drug-likeness (QED) is 0.824. The van der Waals surface area contributed by atoms with Crippen molar-refractivity contribution in [2.75, 3.05) is 25.0 Å². The number of anilines is 1. The molecule has 0 saturated carbocycles. The van der Waals surface area contributed by atoms with Crippen molar-refractivity contribution in [2.24, 2.45) is 0 Å². The molecule has 0 spiro atoms. The molecule has 4 nitrogen and oxygen atoms in total. The maximum Gasteiger partial charge on any atom is 0.272 e. The van der Waals surface area contributed by atoms with Crippen molar-refractivity contribution in [3.8, 4) is 0 Å². The number of pyridine rings is 1. The van der Waals surface area contributed by atoms with Crippen LogP contribution in [0.3, 0.4) is 0 Å². The molecular weight excluding hydrogens is 298 g/mol. The van der Waals surface area contributed by atoms with Crippen molar-refractivity contribution in [3.05, 3.63) is 59.9 Å². The van der Waals surface area contributed by atoms with Crippen LogP contribution < -0.4 is 5.32 Å². The van der Waals surface area contributed by atoms with Gasteiger partial charge in [-0.25, -0.2) is 0 Å². The number of benzene rings is 1. The number of nitrogens with zero attached hydrogens (tertiary/aromatic N) is 2. The van der Waals surface area contributed by atoms with Crippen molar-refractivity contribution in [1.29, 1.82) is 0 Å². The third kappa shape index (κ3) is 4.57. The lowest BCUT2D eigenvalue weighted by Gasteiger charge is -2.26. The molecule has 1 amide bonds. The molecule has 2 heterocycles. The first-order chi connectivity index (χ1) is 11.8. The summed E-state index contributed by atoms with van der Waals surface area (Å²) in [7, 11) is 0. The summed E-state index contributed by atoms with van der Waals surface area (Å²) < 4.78 is 0. The average Bonchev–Trinajstić information content (AvgIpc) is 2.66. The van der Waals surface area contributed by atoms with Gasteiger partial charge in [0, 0.05) is 31.5 Å². The van der Waals surface area contributed by atoms with Crippen molar-refractivity contribution in [1.82, 2.24) is 9.88 Å². The van der Waals surface area contributed by atoms with E-state index < -0.39 is 0 Å². The van der Waals surface area contributed by atoms with Crippen LogP contribution in [0.5, 0.6) is 0 Å². The Morgan fingerprint density at radius 3 is 2.67 bits per heavy atom. The number of hydrogen-bond donors (Lipinski definition) is 1. The molecule has 2 aromatic rings. The zero-order chi connectivity index (χ0) is 16.6. The first kappa shape index (κ1) is 16.5. The van der Waals surface area contributed by atoms with E-state index in [1.807, 2.05) is 23.1 Å². The number of rotatable bonds is 6. The number of aromatic nitrogens is 1. The number of nitrogens with one attached hydrogen (secondary N) is 1. The minimum atomic E-state index is 0.0580. The molecular formula is C20H25N3O. The van der Waals surface area contributed by atoms with Gasteiger partial charge in [-0.1, -0.05) is 30.3 Å². The first-order valence-electron chi connectivity index (χ1n) is 8.86. The monoisotopic (exact) mass is 323 g/mol. The highest BCUT2D eigenvalue weighted by molar-refractivity contribution is 5.93. The molecule has 1 saturated heterocycles. The fourth-order valence-electron chi connectivity index (χ4n) is 3.09. The van der Waals surface area contributed by atoms with Gasteiger partial charge in [-0.2, -0.15) is 0 Å². The molecule has 0 bridgehead atoms. The van der Waals surface area contributed by atoms with Crippen LogP contribution in [0, 0.1) is 0 Å². The van der Waals surface area contributed by atoms with Crippen LogP contribution in [-0.2, 0) is 6.42 Å². The fraction of sp³-hybridized carbons (Fsp3) is 0.400. The van der Waals surface area contributed by atoms with E-state index in [9.17, 15) is 4.79 Å². The predicted octanol–water partition coefficient (Wildman–Crippen LogP) is 3.75. The second-order valence-corrected chi connectivity index (χ2v) is 6.30. The van der Waals surface area contributed by atoms with Crippen LogP contribution in [0.25, 0.3) is 0 Å². The van der Waals surface area contributed by atoms with Gasteiger partial charge < -0.3 is 10.2 Å². The van der Waals surface area contributed by atoms with Gasteiger partial charge in [-0.05, 0) is 49.8 Å². The molecule has 4 heteroatoms. The molecule has 0 aliphatic carbocycles. The fourth-order valence-corrected chi connectivity index (χ4v) is 3.09. The van der Waals surface area contributed by atoms with E-state index >= 15 is 0 Å². The zero-order valence-corrected chi connectivity index (χ0v) is 14.1. The van der Waals surface area contributed by atoms with E-state index in [0.717, 1.165) is 51.0 Å². The van der Waals surface area contributed by atoms with Crippen LogP contribution in [0.1, 0.15) is 41.7 Å². The minimum absolute atomic E-state index is 0.0580. The molecule has 0 radical (unpaired) electrons. The Kier molecular flexibility index (Phi) is 5.83. The number of hydrogen-bond acceptors (Lipinski definition) is 3. The molecule has 1 aliphatic heterocycles. The third-order valence-corrected chi connectivity index (χ3v) is 4.44. The van der Waals surface area contributed by atoms with E-state index in [1.54, 1.807) is 6.20 Å². The van der Waals surface area contributed by atoms with Crippen molar-refractivity contribution >= 4 is 11.6 Å². The second kappa shape index (κ2) is 8.48. The number of carbonyl (C=O) groups excluding carboxylic acids is 1. The van der Waals surface area contributed by atoms with Gasteiger partial charge in [0.15, 0.2) is 0 Å². The van der Waals surface area contributed by atoms with E-state index in [4.69, 9.17) is 0 Å². The number of amides is 1. The van der Waals surface area contributed by atoms with Crippen molar-refractivity contribution in [2.45, 2.75) is 32.1 Å². The van der Waals surface area contributed by atoms with Gasteiger partial charge in [0.05, 0.1) is 0 Å². The van der Waals surface area contributed by atoms with Crippen LogP contribution in [-0.4, -0.2) is 35.4 Å². The summed E-state index contributed by atoms with van der Waals surface area (Å²) in [5, 5.41) is 3.40. The largest absolute Gasteiger partial charge is 0.385 e. The number of carbonyl (C=O) groups is 1. The molecule has 1 fully saturated rings. The maximum absolute atomic E-state index is 12.5. The van der Waals surface area contributed by atoms with Crippen molar-refractivity contribution in [3.63, 3.8) is 0 Å². The lowest BCUT2D eigenvalue weighted by atomic mass is 10.1. The van der Waals surface area contributed by atoms with Gasteiger partial charge in [0.1, 0.15) is 5.69 Å². The van der Waals surface area contributed by atoms with E-state index in [2.05, 4.69) is 34.6 Å². The van der Waals surface area contributed by atoms with Crippen LogP contribution in [0.4, 0.5) is 5.69 Å². The average molecular weight is 323 g/mol. The highest BCUT2D eigenvalue weighted by atomic mass is 16.2. The molecule has 126 valence electrons. The summed E-state index contributed by atoms with van der Waals surface area (Å²) in [5.74, 6) is 0.0580. The Balaban J connectivity index is 1.50. The minimum Gasteiger partial charge on any atom is -0.385 e. The van der Waals surface area contributed by atoms with Crippen LogP contribution in [0.2, 0.25) is 0 Å². The van der Waals surface area contributed by atoms with E-state index in [1.165, 1.54) is 12.0 Å². The van der Waals surface area contributed by atoms with Gasteiger partial charge in [-0.3, -0.25) is 9.78 Å². The summed E-state index contributed by atoms with van der Waals surface area (Å²) in [4.78, 5) is 18.7. The molecule has 24 heavy (non-hydrogen) atoms. The maximum atomic E-state index is 12.5. The molecule has 1 aromatic heterocycles. The number of aryl methyl sites for hydroxylation is 1. The smallest absolute Gasteiger partial charge is 0.272 e. The third-order valence-electron chi connectivity index (χ3n) is 4.44. The highest BCUT2D eigenvalue weighted by Crippen LogP contribution is 2.15. The van der Waals surface area contributed by atoms with Gasteiger partial charge in [0.2, 0.25) is 0 Å². The Morgan fingerprint density at radius 1 is 1.08 bits per heavy atom. The Hall–Kier alpha value is -2.36. The number of piperidine rings is 1. The van der Waals surface area contributed by atoms with Crippen LogP contribution >= 0.6 is 0 Å². The van der Waals surface area contributed by atoms with Gasteiger partial charge >= 0.3 is 0 Å². The predicted molar refractivity (Wildman–Crippen MR) is 97.2 cm³/mol. The highest BCUT2D eigenvalue weighted by Gasteiger charge is 2.19. The van der Waals surface area contributed by atoms with Crippen molar-refractivity contribution < 1.29 is 4.79 Å². The Labute approximate surface area is 143 Å². The Bertz CT molecular complexity index is 651. The van der Waals surface area contributed by atoms with E-state index in [0.29, 0.717) is 5.69 Å². The van der Waals surface area contributed by atoms with E-state index in [-0.39, 0.29) is 5.91 Å². The molecule has 1 aromatic carbocycles. The molecule has 0 unspecified atom stereocenters. The zero-order valence-electron chi connectivity index (χ0n) is 14.1. The summed E-state index contributed by atoms with van der Waals surface area (Å²) in [6.45, 7) is 2.60. The normalized spacial score (nSPS) is 14.4. The number of likely N-dealkylation sites (tertiary alicyclic amines) is 1. The SMILES string of the molecule is O=C(c1cc(NCCCc2ccccc2)ccn1)N1CCCCC1. The molecule has 3 rings (SSSR count). The summed E-state index contributed by atoms with van der Waals surface area (Å²) in [6.07, 6.45) is 7.25. The Morgan fingerprint density at radius 2 is 1.88 bits per heavy atom. The topological polar surface area (TPSA) is 45.2 Å². The van der Waals surface area contributed by atoms with Crippen LogP contribution in [0.15, 0.2) is 48.7 Å². The lowest BCUT2D eigenvalue weighted by Crippen LogP contribution is -2.36. The molecule has 0 atom stereocenters. The summed E-state index contributed by atoms with van der Waals surface area (Å²) >= 11 is 0. The second-order valence-electron chi connectivity index (χ2n) is 6.30. The lowest BCUT2D eigenvalue weighted by molar-refractivity contribution is 0.0718. The first-order valence-corrected chi connectivity index (χ1v) is 8.86. The molecule has 1 N–H and O–H groups in total. The summed E-state index contributed by atoms with van der Waals surface area (Å²) in [6, 6.07) is 14.3. The standard InChI is InChI=1S/C20H25N3O/c24-20(23-14-5-2-6-15-23)19-16-18(11-13-22-19)21-12-7-10-17-8-3-1-4-9-17/h1,3-4,8-9,11,13,16H,2,5-7,10,12,14-15H2,(H,21,22).